The minimum atomic E-state index is -4.24. The van der Waals surface area contributed by atoms with Crippen LogP contribution in [0.3, 0.4) is 0 Å². The van der Waals surface area contributed by atoms with Gasteiger partial charge in [0, 0.05) is 12.1 Å². The Bertz CT molecular complexity index is 954. The van der Waals surface area contributed by atoms with E-state index in [2.05, 4.69) is 4.72 Å². The van der Waals surface area contributed by atoms with Crippen LogP contribution in [0.25, 0.3) is 0 Å². The summed E-state index contributed by atoms with van der Waals surface area (Å²) in [5, 5.41) is 19.9. The van der Waals surface area contributed by atoms with Gasteiger partial charge in [-0.1, -0.05) is 6.07 Å². The Morgan fingerprint density at radius 1 is 1.24 bits per heavy atom. The molecular formula is C15H14N2O7S. The average Bonchev–Trinajstić information content (AvgIpc) is 2.55. The summed E-state index contributed by atoms with van der Waals surface area (Å²) in [6.07, 6.45) is 0. The highest BCUT2D eigenvalue weighted by Gasteiger charge is 2.23. The number of aromatic carboxylic acids is 1. The summed E-state index contributed by atoms with van der Waals surface area (Å²) in [7, 11) is -2.99. The average molecular weight is 366 g/mol. The summed E-state index contributed by atoms with van der Waals surface area (Å²) in [6, 6.07) is 7.12. The number of hydrogen-bond donors (Lipinski definition) is 2. The van der Waals surface area contributed by atoms with Crippen molar-refractivity contribution >= 4 is 27.4 Å². The van der Waals surface area contributed by atoms with Crippen molar-refractivity contribution in [1.82, 2.24) is 0 Å². The van der Waals surface area contributed by atoms with Gasteiger partial charge in [-0.15, -0.1) is 0 Å². The molecule has 0 aliphatic heterocycles. The number of carboxylic acid groups (broad SMARTS) is 1. The van der Waals surface area contributed by atoms with Crippen LogP contribution in [0.5, 0.6) is 5.75 Å². The van der Waals surface area contributed by atoms with E-state index in [1.165, 1.54) is 31.4 Å². The molecule has 0 aliphatic rings. The first-order valence-corrected chi connectivity index (χ1v) is 8.33. The van der Waals surface area contributed by atoms with E-state index < -0.39 is 20.9 Å². The van der Waals surface area contributed by atoms with E-state index in [1.807, 2.05) is 0 Å². The fourth-order valence-corrected chi connectivity index (χ4v) is 3.37. The van der Waals surface area contributed by atoms with Crippen molar-refractivity contribution in [3.05, 3.63) is 57.6 Å². The number of non-ortho nitro benzene ring substituents is 1. The Hall–Kier alpha value is -3.14. The number of sulfonamides is 1. The molecule has 0 amide bonds. The van der Waals surface area contributed by atoms with Gasteiger partial charge >= 0.3 is 5.97 Å². The highest BCUT2D eigenvalue weighted by molar-refractivity contribution is 7.92. The lowest BCUT2D eigenvalue weighted by Crippen LogP contribution is -2.16. The summed E-state index contributed by atoms with van der Waals surface area (Å²) in [6.45, 7) is 1.58. The zero-order valence-electron chi connectivity index (χ0n) is 13.2. The van der Waals surface area contributed by atoms with Crippen molar-refractivity contribution in [3.63, 3.8) is 0 Å². The molecule has 132 valence electrons. The minimum Gasteiger partial charge on any atom is -0.495 e. The smallest absolute Gasteiger partial charge is 0.335 e. The molecule has 2 aromatic carbocycles. The molecule has 2 aromatic rings. The maximum atomic E-state index is 12.6. The molecule has 0 spiro atoms. The number of nitro benzene ring substituents is 1. The molecule has 0 aliphatic carbocycles. The van der Waals surface area contributed by atoms with Crippen molar-refractivity contribution < 1.29 is 28.0 Å². The molecule has 0 aromatic heterocycles. The van der Waals surface area contributed by atoms with E-state index in [4.69, 9.17) is 9.84 Å². The second-order valence-corrected chi connectivity index (χ2v) is 6.68. The van der Waals surface area contributed by atoms with Gasteiger partial charge in [-0.05, 0) is 30.7 Å². The van der Waals surface area contributed by atoms with Gasteiger partial charge in [-0.3, -0.25) is 14.8 Å². The standard InChI is InChI=1S/C15H14N2O7S/c1-9-3-5-11(17(20)21)8-12(9)16-25(22,23)14-7-10(15(18)19)4-6-13(14)24-2/h3-8,16H,1-2H3,(H,18,19). The third-order valence-electron chi connectivity index (χ3n) is 3.38. The monoisotopic (exact) mass is 366 g/mol. The van der Waals surface area contributed by atoms with Crippen LogP contribution in [0, 0.1) is 17.0 Å². The fraction of sp³-hybridized carbons (Fsp3) is 0.133. The van der Waals surface area contributed by atoms with E-state index >= 15 is 0 Å². The number of rotatable bonds is 6. The molecule has 0 atom stereocenters. The Morgan fingerprint density at radius 3 is 2.48 bits per heavy atom. The van der Waals surface area contributed by atoms with Crippen LogP contribution in [0.15, 0.2) is 41.3 Å². The third-order valence-corrected chi connectivity index (χ3v) is 4.76. The van der Waals surface area contributed by atoms with Gasteiger partial charge in [0.15, 0.2) is 0 Å². The minimum absolute atomic E-state index is 0.0111. The number of hydrogen-bond acceptors (Lipinski definition) is 6. The van der Waals surface area contributed by atoms with Gasteiger partial charge in [0.2, 0.25) is 0 Å². The number of carboxylic acids is 1. The summed E-state index contributed by atoms with van der Waals surface area (Å²) in [5.41, 5.74) is -0.0500. The van der Waals surface area contributed by atoms with Crippen molar-refractivity contribution in [2.24, 2.45) is 0 Å². The zero-order valence-corrected chi connectivity index (χ0v) is 14.0. The summed E-state index contributed by atoms with van der Waals surface area (Å²) >= 11 is 0. The lowest BCUT2D eigenvalue weighted by molar-refractivity contribution is -0.384. The SMILES string of the molecule is COc1ccc(C(=O)O)cc1S(=O)(=O)Nc1cc([N+](=O)[O-])ccc1C. The topological polar surface area (TPSA) is 136 Å². The number of nitrogens with zero attached hydrogens (tertiary/aromatic N) is 1. The Labute approximate surface area is 143 Å². The van der Waals surface area contributed by atoms with Gasteiger partial charge in [-0.25, -0.2) is 13.2 Å². The molecule has 0 saturated carbocycles. The van der Waals surface area contributed by atoms with Crippen molar-refractivity contribution in [2.45, 2.75) is 11.8 Å². The van der Waals surface area contributed by atoms with Crippen LogP contribution in [0.2, 0.25) is 0 Å². The van der Waals surface area contributed by atoms with Gasteiger partial charge in [0.05, 0.1) is 23.3 Å². The van der Waals surface area contributed by atoms with Gasteiger partial charge in [0.1, 0.15) is 10.6 Å². The van der Waals surface area contributed by atoms with Gasteiger partial charge in [-0.2, -0.15) is 0 Å². The number of methoxy groups -OCH3 is 1. The second-order valence-electron chi connectivity index (χ2n) is 5.03. The number of nitro groups is 1. The fourth-order valence-electron chi connectivity index (χ4n) is 2.05. The van der Waals surface area contributed by atoms with E-state index in [9.17, 15) is 23.3 Å². The maximum Gasteiger partial charge on any atom is 0.335 e. The number of ether oxygens (including phenoxy) is 1. The quantitative estimate of drug-likeness (QED) is 0.592. The number of anilines is 1. The molecule has 25 heavy (non-hydrogen) atoms. The van der Waals surface area contributed by atoms with Crippen molar-refractivity contribution in [2.75, 3.05) is 11.8 Å². The molecule has 0 fully saturated rings. The highest BCUT2D eigenvalue weighted by atomic mass is 32.2. The van der Waals surface area contributed by atoms with Crippen LogP contribution in [0.4, 0.5) is 11.4 Å². The highest BCUT2D eigenvalue weighted by Crippen LogP contribution is 2.29. The number of nitrogens with one attached hydrogen (secondary N) is 1. The number of aryl methyl sites for hydroxylation is 1. The molecule has 0 bridgehead atoms. The molecule has 0 radical (unpaired) electrons. The molecule has 2 N–H and O–H groups in total. The Balaban J connectivity index is 2.53. The van der Waals surface area contributed by atoms with Crippen LogP contribution >= 0.6 is 0 Å². The largest absolute Gasteiger partial charge is 0.495 e. The molecular weight excluding hydrogens is 352 g/mol. The van der Waals surface area contributed by atoms with Gasteiger partial charge < -0.3 is 9.84 Å². The molecule has 9 nitrogen and oxygen atoms in total. The van der Waals surface area contributed by atoms with Crippen molar-refractivity contribution in [3.8, 4) is 5.75 Å². The number of benzene rings is 2. The maximum absolute atomic E-state index is 12.6. The first-order chi connectivity index (χ1) is 11.7. The molecule has 0 heterocycles. The van der Waals surface area contributed by atoms with Crippen LogP contribution in [-0.2, 0) is 10.0 Å². The Kier molecular flexibility index (Phi) is 4.93. The lowest BCUT2D eigenvalue weighted by Gasteiger charge is -2.13. The van der Waals surface area contributed by atoms with Crippen LogP contribution in [-0.4, -0.2) is 31.5 Å². The number of carbonyl (C=O) groups is 1. The zero-order chi connectivity index (χ0) is 18.8. The molecule has 10 heteroatoms. The first-order valence-electron chi connectivity index (χ1n) is 6.85. The van der Waals surface area contributed by atoms with Gasteiger partial charge in [0.25, 0.3) is 15.7 Å². The van der Waals surface area contributed by atoms with E-state index in [0.29, 0.717) is 5.56 Å². The first kappa shape index (κ1) is 18.2. The predicted molar refractivity (Wildman–Crippen MR) is 88.6 cm³/mol. The molecule has 0 unspecified atom stereocenters. The third kappa shape index (κ3) is 3.86. The van der Waals surface area contributed by atoms with E-state index in [1.54, 1.807) is 6.92 Å². The van der Waals surface area contributed by atoms with E-state index in [0.717, 1.165) is 12.1 Å². The summed E-state index contributed by atoms with van der Waals surface area (Å²) in [5.74, 6) is -1.36. The Morgan fingerprint density at radius 2 is 1.92 bits per heavy atom. The van der Waals surface area contributed by atoms with Crippen molar-refractivity contribution in [1.29, 1.82) is 0 Å². The van der Waals surface area contributed by atoms with Crippen LogP contribution in [0.1, 0.15) is 15.9 Å². The van der Waals surface area contributed by atoms with E-state index in [-0.39, 0.29) is 27.6 Å². The summed E-state index contributed by atoms with van der Waals surface area (Å²) < 4.78 is 32.5. The van der Waals surface area contributed by atoms with Crippen LogP contribution < -0.4 is 9.46 Å². The lowest BCUT2D eigenvalue weighted by atomic mass is 10.2. The summed E-state index contributed by atoms with van der Waals surface area (Å²) in [4.78, 5) is 20.9. The normalized spacial score (nSPS) is 11.0. The predicted octanol–water partition coefficient (Wildman–Crippen LogP) is 2.41. The molecule has 0 saturated heterocycles. The molecule has 2 rings (SSSR count). The second kappa shape index (κ2) is 6.77.